The summed E-state index contributed by atoms with van der Waals surface area (Å²) in [4.78, 5) is 16.0. The molecule has 1 N–H and O–H groups in total. The summed E-state index contributed by atoms with van der Waals surface area (Å²) in [6.07, 6.45) is -1.79. The van der Waals surface area contributed by atoms with Gasteiger partial charge < -0.3 is 5.11 Å². The van der Waals surface area contributed by atoms with E-state index in [0.717, 1.165) is 11.1 Å². The van der Waals surface area contributed by atoms with E-state index in [2.05, 4.69) is 4.84 Å². The minimum Gasteiger partial charge on any atom is -0.388 e. The Balaban J connectivity index is 2.80. The van der Waals surface area contributed by atoms with Crippen molar-refractivity contribution in [2.24, 2.45) is 0 Å². The van der Waals surface area contributed by atoms with Gasteiger partial charge >= 0.3 is 0 Å². The summed E-state index contributed by atoms with van der Waals surface area (Å²) >= 11 is 0. The lowest BCUT2D eigenvalue weighted by molar-refractivity contribution is -0.170. The van der Waals surface area contributed by atoms with Crippen LogP contribution in [0.2, 0.25) is 0 Å². The normalized spacial score (nSPS) is 12.3. The average molecular weight is 245 g/mol. The Labute approximate surface area is 97.4 Å². The zero-order valence-corrected chi connectivity index (χ0v) is 9.48. The number of nitrogens with zero attached hydrogens (tertiary/aromatic N) is 1. The highest BCUT2D eigenvalue weighted by Crippen LogP contribution is 2.22. The second-order valence-electron chi connectivity index (χ2n) is 3.44. The molecule has 0 spiro atoms. The quantitative estimate of drug-likeness (QED) is 0.816. The Bertz CT molecular complexity index is 412. The number of aliphatic hydroxyl groups is 1. The van der Waals surface area contributed by atoms with Crippen molar-refractivity contribution in [3.63, 3.8) is 0 Å². The number of carbonyl (C=O) groups is 1. The largest absolute Gasteiger partial charge is 0.388 e. The fraction of sp³-hybridized carbons (Fsp3) is 0.364. The number of halogens is 2. The highest BCUT2D eigenvalue weighted by atomic mass is 19.2. The smallest absolute Gasteiger partial charge is 0.248 e. The molecule has 0 heterocycles. The third-order valence-corrected chi connectivity index (χ3v) is 2.33. The van der Waals surface area contributed by atoms with E-state index in [-0.39, 0.29) is 12.0 Å². The van der Waals surface area contributed by atoms with Crippen molar-refractivity contribution in [3.8, 4) is 0 Å². The van der Waals surface area contributed by atoms with E-state index >= 15 is 0 Å². The van der Waals surface area contributed by atoms with Crippen molar-refractivity contribution in [1.82, 2.24) is 5.06 Å². The van der Waals surface area contributed by atoms with Gasteiger partial charge in [-0.25, -0.2) is 13.8 Å². The summed E-state index contributed by atoms with van der Waals surface area (Å²) in [6.45, 7) is 0. The van der Waals surface area contributed by atoms with Crippen LogP contribution in [0.3, 0.4) is 0 Å². The van der Waals surface area contributed by atoms with E-state index in [0.29, 0.717) is 0 Å². The maximum Gasteiger partial charge on any atom is 0.248 e. The van der Waals surface area contributed by atoms with E-state index in [1.54, 1.807) is 0 Å². The molecule has 1 rings (SSSR count). The molecular weight excluding hydrogens is 232 g/mol. The first kappa shape index (κ1) is 13.5. The van der Waals surface area contributed by atoms with Gasteiger partial charge in [0.25, 0.3) is 0 Å². The van der Waals surface area contributed by atoms with Gasteiger partial charge in [0, 0.05) is 12.6 Å². The first-order chi connectivity index (χ1) is 7.97. The number of carbonyl (C=O) groups excluding carboxylic acids is 1. The zero-order valence-electron chi connectivity index (χ0n) is 9.48. The predicted octanol–water partition coefficient (Wildman–Crippen LogP) is 1.41. The lowest BCUT2D eigenvalue weighted by atomic mass is 10.1. The fourth-order valence-electron chi connectivity index (χ4n) is 1.28. The van der Waals surface area contributed by atoms with Gasteiger partial charge in [0.1, 0.15) is 0 Å². The molecule has 1 atom stereocenters. The van der Waals surface area contributed by atoms with Crippen molar-refractivity contribution in [2.75, 3.05) is 14.2 Å². The monoisotopic (exact) mass is 245 g/mol. The van der Waals surface area contributed by atoms with Crippen LogP contribution in [0, 0.1) is 11.6 Å². The molecule has 0 aliphatic rings. The summed E-state index contributed by atoms with van der Waals surface area (Å²) in [5.74, 6) is -2.74. The standard InChI is InChI=1S/C11H13F2NO3/c1-14(17-2)10(16)6-9(15)7-4-3-5-8(12)11(7)13/h3-5,9,15H,6H2,1-2H3. The van der Waals surface area contributed by atoms with Gasteiger partial charge in [-0.1, -0.05) is 12.1 Å². The molecule has 17 heavy (non-hydrogen) atoms. The van der Waals surface area contributed by atoms with Gasteiger partial charge in [0.15, 0.2) is 11.6 Å². The predicted molar refractivity (Wildman–Crippen MR) is 55.7 cm³/mol. The van der Waals surface area contributed by atoms with Gasteiger partial charge in [-0.3, -0.25) is 9.63 Å². The van der Waals surface area contributed by atoms with Gasteiger partial charge in [0.2, 0.25) is 5.91 Å². The molecule has 94 valence electrons. The number of amides is 1. The van der Waals surface area contributed by atoms with E-state index < -0.39 is 23.6 Å². The van der Waals surface area contributed by atoms with Crippen LogP contribution in [0.1, 0.15) is 18.1 Å². The first-order valence-corrected chi connectivity index (χ1v) is 4.90. The Morgan fingerprint density at radius 2 is 2.18 bits per heavy atom. The van der Waals surface area contributed by atoms with Crippen LogP contribution in [-0.2, 0) is 9.63 Å². The van der Waals surface area contributed by atoms with Crippen LogP contribution >= 0.6 is 0 Å². The number of hydroxylamine groups is 2. The maximum atomic E-state index is 13.3. The molecule has 0 aliphatic carbocycles. The Kier molecular flexibility index (Phi) is 4.53. The minimum absolute atomic E-state index is 0.247. The molecule has 0 aromatic heterocycles. The molecule has 1 aromatic carbocycles. The van der Waals surface area contributed by atoms with Crippen LogP contribution in [0.5, 0.6) is 0 Å². The summed E-state index contributed by atoms with van der Waals surface area (Å²) in [5, 5.41) is 10.5. The summed E-state index contributed by atoms with van der Waals surface area (Å²) in [6, 6.07) is 3.43. The van der Waals surface area contributed by atoms with Crippen molar-refractivity contribution in [3.05, 3.63) is 35.4 Å². The van der Waals surface area contributed by atoms with E-state index in [1.165, 1.54) is 26.3 Å². The van der Waals surface area contributed by atoms with Gasteiger partial charge in [-0.2, -0.15) is 0 Å². The fourth-order valence-corrected chi connectivity index (χ4v) is 1.28. The second-order valence-corrected chi connectivity index (χ2v) is 3.44. The molecular formula is C11H13F2NO3. The Morgan fingerprint density at radius 1 is 1.53 bits per heavy atom. The molecule has 4 nitrogen and oxygen atoms in total. The summed E-state index contributed by atoms with van der Waals surface area (Å²) in [7, 11) is 2.64. The average Bonchev–Trinajstić information content (AvgIpc) is 2.31. The lowest BCUT2D eigenvalue weighted by Crippen LogP contribution is -2.27. The molecule has 0 saturated carbocycles. The van der Waals surface area contributed by atoms with Crippen LogP contribution in [-0.4, -0.2) is 30.2 Å². The lowest BCUT2D eigenvalue weighted by Gasteiger charge is -2.17. The van der Waals surface area contributed by atoms with Crippen molar-refractivity contribution in [2.45, 2.75) is 12.5 Å². The van der Waals surface area contributed by atoms with E-state index in [9.17, 15) is 18.7 Å². The van der Waals surface area contributed by atoms with Gasteiger partial charge in [-0.05, 0) is 6.07 Å². The number of hydrogen-bond acceptors (Lipinski definition) is 3. The van der Waals surface area contributed by atoms with Gasteiger partial charge in [-0.15, -0.1) is 0 Å². The summed E-state index contributed by atoms with van der Waals surface area (Å²) in [5.41, 5.74) is -0.247. The molecule has 0 fully saturated rings. The SMILES string of the molecule is CON(C)C(=O)CC(O)c1cccc(F)c1F. The molecule has 0 radical (unpaired) electrons. The van der Waals surface area contributed by atoms with Crippen molar-refractivity contribution in [1.29, 1.82) is 0 Å². The van der Waals surface area contributed by atoms with Crippen LogP contribution in [0.25, 0.3) is 0 Å². The van der Waals surface area contributed by atoms with Crippen molar-refractivity contribution >= 4 is 5.91 Å². The van der Waals surface area contributed by atoms with E-state index in [4.69, 9.17) is 0 Å². The zero-order chi connectivity index (χ0) is 13.0. The molecule has 6 heteroatoms. The van der Waals surface area contributed by atoms with Crippen molar-refractivity contribution < 1.29 is 23.5 Å². The highest BCUT2D eigenvalue weighted by Gasteiger charge is 2.20. The van der Waals surface area contributed by atoms with Gasteiger partial charge in [0.05, 0.1) is 19.6 Å². The van der Waals surface area contributed by atoms with Crippen LogP contribution in [0.4, 0.5) is 8.78 Å². The number of aliphatic hydroxyl groups excluding tert-OH is 1. The van der Waals surface area contributed by atoms with Crippen LogP contribution < -0.4 is 0 Å². The second kappa shape index (κ2) is 5.70. The molecule has 1 aromatic rings. The molecule has 1 unspecified atom stereocenters. The third-order valence-electron chi connectivity index (χ3n) is 2.33. The maximum absolute atomic E-state index is 13.3. The first-order valence-electron chi connectivity index (χ1n) is 4.90. The summed E-state index contributed by atoms with van der Waals surface area (Å²) < 4.78 is 26.2. The molecule has 0 saturated heterocycles. The topological polar surface area (TPSA) is 49.8 Å². The number of hydrogen-bond donors (Lipinski definition) is 1. The molecule has 0 bridgehead atoms. The highest BCUT2D eigenvalue weighted by molar-refractivity contribution is 5.75. The van der Waals surface area contributed by atoms with Crippen LogP contribution in [0.15, 0.2) is 18.2 Å². The minimum atomic E-state index is -1.41. The van der Waals surface area contributed by atoms with E-state index in [1.807, 2.05) is 0 Å². The molecule has 1 amide bonds. The third kappa shape index (κ3) is 3.21. The number of benzene rings is 1. The Morgan fingerprint density at radius 3 is 2.76 bits per heavy atom. The number of rotatable bonds is 4. The Hall–Kier alpha value is -1.53. The molecule has 0 aliphatic heterocycles.